The topological polar surface area (TPSA) is 59.4 Å². The van der Waals surface area contributed by atoms with Crippen molar-refractivity contribution in [2.75, 3.05) is 25.5 Å². The fourth-order valence-electron chi connectivity index (χ4n) is 2.78. The normalized spacial score (nSPS) is 10.6. The number of ether oxygens (including phenoxy) is 1. The van der Waals surface area contributed by atoms with Gasteiger partial charge in [0.2, 0.25) is 0 Å². The number of hydrogen-bond acceptors (Lipinski definition) is 3. The van der Waals surface area contributed by atoms with Gasteiger partial charge in [0, 0.05) is 12.7 Å². The molecule has 146 valence electrons. The minimum absolute atomic E-state index is 0.253. The molecule has 1 aromatic heterocycles. The molecule has 0 bridgehead atoms. The Labute approximate surface area is 163 Å². The van der Waals surface area contributed by atoms with Crippen molar-refractivity contribution in [1.82, 2.24) is 14.7 Å². The van der Waals surface area contributed by atoms with Crippen LogP contribution in [-0.4, -0.2) is 40.9 Å². The highest BCUT2D eigenvalue weighted by Gasteiger charge is 2.14. The van der Waals surface area contributed by atoms with Crippen molar-refractivity contribution in [1.29, 1.82) is 0 Å². The lowest BCUT2D eigenvalue weighted by atomic mass is 10.2. The molecule has 0 fully saturated rings. The van der Waals surface area contributed by atoms with Gasteiger partial charge in [-0.1, -0.05) is 12.1 Å². The molecule has 3 aromatic rings. The van der Waals surface area contributed by atoms with E-state index in [1.54, 1.807) is 19.2 Å². The number of rotatable bonds is 6. The predicted octanol–water partition coefficient (Wildman–Crippen LogP) is 4.17. The molecule has 28 heavy (non-hydrogen) atoms. The third-order valence-corrected chi connectivity index (χ3v) is 4.24. The van der Waals surface area contributed by atoms with Gasteiger partial charge in [-0.05, 0) is 56.3 Å². The highest BCUT2D eigenvalue weighted by Crippen LogP contribution is 2.22. The summed E-state index contributed by atoms with van der Waals surface area (Å²) < 4.78 is 20.3. The van der Waals surface area contributed by atoms with Crippen molar-refractivity contribution in [2.45, 2.75) is 13.8 Å². The first-order valence-corrected chi connectivity index (χ1v) is 8.97. The van der Waals surface area contributed by atoms with E-state index in [1.165, 1.54) is 17.0 Å². The van der Waals surface area contributed by atoms with E-state index in [9.17, 15) is 9.18 Å². The third kappa shape index (κ3) is 4.68. The van der Waals surface area contributed by atoms with Crippen LogP contribution in [0.1, 0.15) is 11.4 Å². The Bertz CT molecular complexity index is 953. The Morgan fingerprint density at radius 3 is 2.57 bits per heavy atom. The van der Waals surface area contributed by atoms with Gasteiger partial charge in [-0.25, -0.2) is 13.9 Å². The van der Waals surface area contributed by atoms with Crippen LogP contribution in [0.4, 0.5) is 14.9 Å². The van der Waals surface area contributed by atoms with Gasteiger partial charge in [0.15, 0.2) is 0 Å². The van der Waals surface area contributed by atoms with Crippen LogP contribution in [0.3, 0.4) is 0 Å². The van der Waals surface area contributed by atoms with Gasteiger partial charge in [-0.2, -0.15) is 5.10 Å². The van der Waals surface area contributed by atoms with Crippen molar-refractivity contribution in [3.05, 3.63) is 71.8 Å². The van der Waals surface area contributed by atoms with Crippen molar-refractivity contribution in [3.63, 3.8) is 0 Å². The average Bonchev–Trinajstić information content (AvgIpc) is 3.01. The van der Waals surface area contributed by atoms with Crippen LogP contribution < -0.4 is 10.1 Å². The molecule has 7 heteroatoms. The van der Waals surface area contributed by atoms with E-state index >= 15 is 0 Å². The number of amides is 2. The standard InChI is InChI=1S/C21H23FN4O2/c1-15-14-16(2)26(24-15)20-7-5-4-6-19(20)23-21(27)25(3)12-13-28-18-10-8-17(22)9-11-18/h4-11,14H,12-13H2,1-3H3,(H,23,27). The molecule has 0 spiro atoms. The van der Waals surface area contributed by atoms with E-state index in [2.05, 4.69) is 10.4 Å². The maximum atomic E-state index is 12.9. The number of hydrogen-bond donors (Lipinski definition) is 1. The summed E-state index contributed by atoms with van der Waals surface area (Å²) in [6, 6.07) is 15.0. The molecule has 0 atom stereocenters. The summed E-state index contributed by atoms with van der Waals surface area (Å²) in [6.07, 6.45) is 0. The zero-order chi connectivity index (χ0) is 20.1. The van der Waals surface area contributed by atoms with Crippen molar-refractivity contribution >= 4 is 11.7 Å². The van der Waals surface area contributed by atoms with Crippen LogP contribution >= 0.6 is 0 Å². The predicted molar refractivity (Wildman–Crippen MR) is 107 cm³/mol. The van der Waals surface area contributed by atoms with Crippen LogP contribution in [0, 0.1) is 19.7 Å². The van der Waals surface area contributed by atoms with E-state index in [1.807, 2.05) is 48.9 Å². The monoisotopic (exact) mass is 382 g/mol. The largest absolute Gasteiger partial charge is 0.492 e. The summed E-state index contributed by atoms with van der Waals surface area (Å²) in [7, 11) is 1.69. The Morgan fingerprint density at radius 1 is 1.18 bits per heavy atom. The number of carbonyl (C=O) groups is 1. The van der Waals surface area contributed by atoms with Gasteiger partial charge in [-0.15, -0.1) is 0 Å². The fourth-order valence-corrected chi connectivity index (χ4v) is 2.78. The second-order valence-corrected chi connectivity index (χ2v) is 6.51. The Kier molecular flexibility index (Phi) is 5.93. The Balaban J connectivity index is 1.61. The first kappa shape index (κ1) is 19.4. The second kappa shape index (κ2) is 8.56. The third-order valence-electron chi connectivity index (χ3n) is 4.24. The minimum Gasteiger partial charge on any atom is -0.492 e. The van der Waals surface area contributed by atoms with Gasteiger partial charge < -0.3 is 15.0 Å². The number of nitrogens with zero attached hydrogens (tertiary/aromatic N) is 3. The smallest absolute Gasteiger partial charge is 0.321 e. The SMILES string of the molecule is Cc1cc(C)n(-c2ccccc2NC(=O)N(C)CCOc2ccc(F)cc2)n1. The molecule has 3 rings (SSSR count). The summed E-state index contributed by atoms with van der Waals surface area (Å²) in [4.78, 5) is 14.1. The molecular formula is C21H23FN4O2. The van der Waals surface area contributed by atoms with Gasteiger partial charge in [0.1, 0.15) is 18.2 Å². The summed E-state index contributed by atoms with van der Waals surface area (Å²) in [6.45, 7) is 4.58. The van der Waals surface area contributed by atoms with Crippen LogP contribution in [0.25, 0.3) is 5.69 Å². The number of nitrogens with one attached hydrogen (secondary N) is 1. The number of urea groups is 1. The number of anilines is 1. The van der Waals surface area contributed by atoms with Crippen molar-refractivity contribution in [3.8, 4) is 11.4 Å². The maximum absolute atomic E-state index is 12.9. The van der Waals surface area contributed by atoms with E-state index in [4.69, 9.17) is 4.74 Å². The van der Waals surface area contributed by atoms with Gasteiger partial charge >= 0.3 is 6.03 Å². The zero-order valence-electron chi connectivity index (χ0n) is 16.1. The molecular weight excluding hydrogens is 359 g/mol. The molecule has 0 saturated heterocycles. The van der Waals surface area contributed by atoms with Crippen LogP contribution in [-0.2, 0) is 0 Å². The Morgan fingerprint density at radius 2 is 1.89 bits per heavy atom. The first-order chi connectivity index (χ1) is 13.4. The van der Waals surface area contributed by atoms with E-state index in [0.29, 0.717) is 24.6 Å². The first-order valence-electron chi connectivity index (χ1n) is 8.97. The number of carbonyl (C=O) groups excluding carboxylic acids is 1. The lowest BCUT2D eigenvalue weighted by Crippen LogP contribution is -2.34. The number of likely N-dealkylation sites (N-methyl/N-ethyl adjacent to an activating group) is 1. The molecule has 2 amide bonds. The lowest BCUT2D eigenvalue weighted by Gasteiger charge is -2.19. The van der Waals surface area contributed by atoms with E-state index in [-0.39, 0.29) is 11.8 Å². The molecule has 6 nitrogen and oxygen atoms in total. The number of aromatic nitrogens is 2. The molecule has 0 saturated carbocycles. The number of para-hydroxylation sites is 2. The minimum atomic E-state index is -0.315. The number of halogens is 1. The van der Waals surface area contributed by atoms with Crippen LogP contribution in [0.5, 0.6) is 5.75 Å². The average molecular weight is 382 g/mol. The van der Waals surface area contributed by atoms with Gasteiger partial charge in [0.05, 0.1) is 23.6 Å². The number of benzene rings is 2. The second-order valence-electron chi connectivity index (χ2n) is 6.51. The van der Waals surface area contributed by atoms with Crippen LogP contribution in [0.2, 0.25) is 0 Å². The van der Waals surface area contributed by atoms with Crippen molar-refractivity contribution < 1.29 is 13.9 Å². The van der Waals surface area contributed by atoms with Gasteiger partial charge in [0.25, 0.3) is 0 Å². The lowest BCUT2D eigenvalue weighted by molar-refractivity contribution is 0.207. The highest BCUT2D eigenvalue weighted by atomic mass is 19.1. The summed E-state index contributed by atoms with van der Waals surface area (Å²) in [5.41, 5.74) is 3.37. The molecule has 0 aliphatic carbocycles. The molecule has 0 unspecified atom stereocenters. The molecule has 0 aliphatic rings. The summed E-state index contributed by atoms with van der Waals surface area (Å²) in [5.74, 6) is 0.246. The quantitative estimate of drug-likeness (QED) is 0.696. The Hall–Kier alpha value is -3.35. The molecule has 0 aliphatic heterocycles. The van der Waals surface area contributed by atoms with Crippen LogP contribution in [0.15, 0.2) is 54.6 Å². The van der Waals surface area contributed by atoms with Gasteiger partial charge in [-0.3, -0.25) is 0 Å². The molecule has 2 aromatic carbocycles. The van der Waals surface area contributed by atoms with E-state index < -0.39 is 0 Å². The summed E-state index contributed by atoms with van der Waals surface area (Å²) in [5, 5.41) is 7.41. The summed E-state index contributed by atoms with van der Waals surface area (Å²) >= 11 is 0. The molecule has 1 heterocycles. The van der Waals surface area contributed by atoms with Crippen molar-refractivity contribution in [2.24, 2.45) is 0 Å². The molecule has 0 radical (unpaired) electrons. The van der Waals surface area contributed by atoms with E-state index in [0.717, 1.165) is 17.1 Å². The highest BCUT2D eigenvalue weighted by molar-refractivity contribution is 5.91. The molecule has 1 N–H and O–H groups in total. The maximum Gasteiger partial charge on any atom is 0.321 e. The zero-order valence-corrected chi connectivity index (χ0v) is 16.1. The fraction of sp³-hybridized carbons (Fsp3) is 0.238. The number of aryl methyl sites for hydroxylation is 2.